The first-order valence-corrected chi connectivity index (χ1v) is 7.66. The molecule has 0 aliphatic heterocycles. The molecule has 0 atom stereocenters. The molecule has 0 bridgehead atoms. The molecule has 116 valence electrons. The van der Waals surface area contributed by atoms with Gasteiger partial charge in [-0.15, -0.1) is 0 Å². The molecule has 0 radical (unpaired) electrons. The monoisotopic (exact) mass is 326 g/mol. The van der Waals surface area contributed by atoms with Gasteiger partial charge in [0.05, 0.1) is 6.54 Å². The first-order valence-electron chi connectivity index (χ1n) is 6.18. The van der Waals surface area contributed by atoms with Crippen molar-refractivity contribution in [3.05, 3.63) is 60.2 Å². The summed E-state index contributed by atoms with van der Waals surface area (Å²) in [6, 6.07) is 9.80. The smallest absolute Gasteiger partial charge is 0.243 e. The Kier molecular flexibility index (Phi) is 4.84. The number of rotatable bonds is 5. The largest absolute Gasteiger partial charge is 0.325 e. The molecule has 0 heterocycles. The topological polar surface area (TPSA) is 75.3 Å². The summed E-state index contributed by atoms with van der Waals surface area (Å²) < 4.78 is 51.9. The molecule has 0 aliphatic rings. The van der Waals surface area contributed by atoms with E-state index in [0.29, 0.717) is 5.69 Å². The Labute approximate surface area is 126 Å². The molecule has 1 amide bonds. The molecular weight excluding hydrogens is 314 g/mol. The molecule has 0 aromatic heterocycles. The number of halogens is 2. The molecule has 2 N–H and O–H groups in total. The van der Waals surface area contributed by atoms with Crippen LogP contribution in [0, 0.1) is 11.6 Å². The molecule has 2 rings (SSSR count). The zero-order valence-corrected chi connectivity index (χ0v) is 12.0. The van der Waals surface area contributed by atoms with Crippen molar-refractivity contribution in [2.45, 2.75) is 4.90 Å². The number of hydrogen-bond donors (Lipinski definition) is 2. The molecule has 0 saturated carbocycles. The van der Waals surface area contributed by atoms with Gasteiger partial charge in [0.1, 0.15) is 16.5 Å². The van der Waals surface area contributed by atoms with E-state index < -0.39 is 39.0 Å². The van der Waals surface area contributed by atoms with E-state index in [1.807, 2.05) is 4.72 Å². The Morgan fingerprint density at radius 1 is 1.00 bits per heavy atom. The van der Waals surface area contributed by atoms with Crippen molar-refractivity contribution < 1.29 is 22.0 Å². The average molecular weight is 326 g/mol. The molecule has 0 saturated heterocycles. The van der Waals surface area contributed by atoms with Gasteiger partial charge < -0.3 is 5.32 Å². The number of anilines is 1. The lowest BCUT2D eigenvalue weighted by Gasteiger charge is -2.08. The van der Waals surface area contributed by atoms with E-state index in [-0.39, 0.29) is 0 Å². The lowest BCUT2D eigenvalue weighted by atomic mass is 10.3. The highest BCUT2D eigenvalue weighted by molar-refractivity contribution is 7.89. The standard InChI is InChI=1S/C14H12F2N2O3S/c15-10-5-7-11(8-6-10)18-14(19)9-17-22(20,21)13-4-2-1-3-12(13)16/h1-8,17H,9H2,(H,18,19). The molecule has 0 unspecified atom stereocenters. The van der Waals surface area contributed by atoms with Crippen LogP contribution in [-0.4, -0.2) is 20.9 Å². The Hall–Kier alpha value is -2.32. The number of benzene rings is 2. The van der Waals surface area contributed by atoms with Gasteiger partial charge in [-0.25, -0.2) is 21.9 Å². The zero-order valence-electron chi connectivity index (χ0n) is 11.2. The Morgan fingerprint density at radius 2 is 1.64 bits per heavy atom. The fourth-order valence-corrected chi connectivity index (χ4v) is 2.70. The summed E-state index contributed by atoms with van der Waals surface area (Å²) in [4.78, 5) is 11.1. The van der Waals surface area contributed by atoms with Crippen LogP contribution in [0.1, 0.15) is 0 Å². The fraction of sp³-hybridized carbons (Fsp3) is 0.0714. The summed E-state index contributed by atoms with van der Waals surface area (Å²) in [6.45, 7) is -0.575. The maximum absolute atomic E-state index is 13.4. The van der Waals surface area contributed by atoms with Crippen LogP contribution in [0.3, 0.4) is 0 Å². The molecule has 2 aromatic rings. The maximum Gasteiger partial charge on any atom is 0.243 e. The van der Waals surface area contributed by atoms with Gasteiger partial charge in [-0.2, -0.15) is 0 Å². The van der Waals surface area contributed by atoms with Crippen molar-refractivity contribution in [2.24, 2.45) is 0 Å². The van der Waals surface area contributed by atoms with Gasteiger partial charge in [0, 0.05) is 5.69 Å². The highest BCUT2D eigenvalue weighted by Gasteiger charge is 2.19. The van der Waals surface area contributed by atoms with Crippen LogP contribution < -0.4 is 10.0 Å². The highest BCUT2D eigenvalue weighted by atomic mass is 32.2. The minimum Gasteiger partial charge on any atom is -0.325 e. The number of carbonyl (C=O) groups is 1. The van der Waals surface area contributed by atoms with Crippen LogP contribution >= 0.6 is 0 Å². The van der Waals surface area contributed by atoms with E-state index in [4.69, 9.17) is 0 Å². The lowest BCUT2D eigenvalue weighted by Crippen LogP contribution is -2.33. The molecule has 0 aliphatic carbocycles. The average Bonchev–Trinajstić information content (AvgIpc) is 2.48. The van der Waals surface area contributed by atoms with Crippen LogP contribution in [0.5, 0.6) is 0 Å². The Balaban J connectivity index is 1.98. The normalized spacial score (nSPS) is 11.2. The van der Waals surface area contributed by atoms with Crippen molar-refractivity contribution in [3.63, 3.8) is 0 Å². The maximum atomic E-state index is 13.4. The zero-order chi connectivity index (χ0) is 16.2. The second-order valence-corrected chi connectivity index (χ2v) is 6.05. The van der Waals surface area contributed by atoms with Crippen molar-refractivity contribution in [1.29, 1.82) is 0 Å². The van der Waals surface area contributed by atoms with E-state index >= 15 is 0 Å². The molecular formula is C14H12F2N2O3S. The Bertz CT molecular complexity index is 777. The summed E-state index contributed by atoms with van der Waals surface area (Å²) in [5.41, 5.74) is 0.316. The van der Waals surface area contributed by atoms with Gasteiger partial charge in [0.15, 0.2) is 0 Å². The minimum atomic E-state index is -4.13. The van der Waals surface area contributed by atoms with E-state index in [2.05, 4.69) is 5.32 Å². The summed E-state index contributed by atoms with van der Waals surface area (Å²) in [5.74, 6) is -2.03. The van der Waals surface area contributed by atoms with Crippen molar-refractivity contribution in [2.75, 3.05) is 11.9 Å². The summed E-state index contributed by atoms with van der Waals surface area (Å²) >= 11 is 0. The van der Waals surface area contributed by atoms with E-state index in [1.165, 1.54) is 24.3 Å². The predicted molar refractivity (Wildman–Crippen MR) is 76.6 cm³/mol. The fourth-order valence-electron chi connectivity index (χ4n) is 1.64. The van der Waals surface area contributed by atoms with E-state index in [1.54, 1.807) is 0 Å². The first-order chi connectivity index (χ1) is 10.4. The van der Waals surface area contributed by atoms with Gasteiger partial charge in [-0.05, 0) is 36.4 Å². The molecule has 2 aromatic carbocycles. The SMILES string of the molecule is O=C(CNS(=O)(=O)c1ccccc1F)Nc1ccc(F)cc1. The predicted octanol–water partition coefficient (Wildman–Crippen LogP) is 1.88. The van der Waals surface area contributed by atoms with E-state index in [0.717, 1.165) is 24.3 Å². The summed E-state index contributed by atoms with van der Waals surface area (Å²) in [7, 11) is -4.13. The molecule has 8 heteroatoms. The Morgan fingerprint density at radius 3 is 2.27 bits per heavy atom. The third-order valence-electron chi connectivity index (χ3n) is 2.68. The van der Waals surface area contributed by atoms with Gasteiger partial charge >= 0.3 is 0 Å². The second-order valence-electron chi connectivity index (χ2n) is 4.31. The number of carbonyl (C=O) groups excluding carboxylic acids is 1. The highest BCUT2D eigenvalue weighted by Crippen LogP contribution is 2.13. The molecule has 22 heavy (non-hydrogen) atoms. The van der Waals surface area contributed by atoms with Gasteiger partial charge in [-0.1, -0.05) is 12.1 Å². The number of hydrogen-bond acceptors (Lipinski definition) is 3. The van der Waals surface area contributed by atoms with Crippen LogP contribution in [0.25, 0.3) is 0 Å². The lowest BCUT2D eigenvalue weighted by molar-refractivity contribution is -0.115. The first kappa shape index (κ1) is 16.1. The van der Waals surface area contributed by atoms with Crippen LogP contribution in [-0.2, 0) is 14.8 Å². The molecule has 5 nitrogen and oxygen atoms in total. The van der Waals surface area contributed by atoms with Crippen LogP contribution in [0.2, 0.25) is 0 Å². The third kappa shape index (κ3) is 4.09. The van der Waals surface area contributed by atoms with Crippen molar-refractivity contribution in [3.8, 4) is 0 Å². The van der Waals surface area contributed by atoms with Crippen molar-refractivity contribution >= 4 is 21.6 Å². The van der Waals surface area contributed by atoms with Gasteiger partial charge in [0.25, 0.3) is 0 Å². The number of sulfonamides is 1. The third-order valence-corrected chi connectivity index (χ3v) is 4.11. The van der Waals surface area contributed by atoms with Crippen LogP contribution in [0.4, 0.5) is 14.5 Å². The molecule has 0 fully saturated rings. The van der Waals surface area contributed by atoms with E-state index in [9.17, 15) is 22.0 Å². The van der Waals surface area contributed by atoms with Gasteiger partial charge in [0.2, 0.25) is 15.9 Å². The quantitative estimate of drug-likeness (QED) is 0.881. The summed E-state index contributed by atoms with van der Waals surface area (Å²) in [5, 5.41) is 2.38. The molecule has 0 spiro atoms. The van der Waals surface area contributed by atoms with Gasteiger partial charge in [-0.3, -0.25) is 4.79 Å². The number of nitrogens with one attached hydrogen (secondary N) is 2. The number of amides is 1. The minimum absolute atomic E-state index is 0.316. The van der Waals surface area contributed by atoms with Crippen molar-refractivity contribution in [1.82, 2.24) is 4.72 Å². The second kappa shape index (κ2) is 6.63. The van der Waals surface area contributed by atoms with Crippen LogP contribution in [0.15, 0.2) is 53.4 Å². The summed E-state index contributed by atoms with van der Waals surface area (Å²) in [6.07, 6.45) is 0.